The molecule has 0 radical (unpaired) electrons. The standard InChI is InChI=1S/C20H18FN5O2S2/c1-2-26-18(16-4-3-9-28-16)24-25-20(26)29-12-17(27)23-19-22-11-15(30-19)10-13-5-7-14(21)8-6-13/h3-9,11H,2,10,12H2,1H3,(H,22,23,27). The van der Waals surface area contributed by atoms with E-state index in [9.17, 15) is 9.18 Å². The second-order valence-corrected chi connectivity index (χ2v) is 8.36. The molecule has 4 rings (SSSR count). The molecule has 4 aromatic rings. The highest BCUT2D eigenvalue weighted by molar-refractivity contribution is 7.99. The van der Waals surface area contributed by atoms with E-state index in [0.29, 0.717) is 34.8 Å². The van der Waals surface area contributed by atoms with E-state index in [2.05, 4.69) is 20.5 Å². The number of rotatable bonds is 8. The molecule has 1 amide bonds. The second kappa shape index (κ2) is 9.23. The first-order valence-corrected chi connectivity index (χ1v) is 11.0. The van der Waals surface area contributed by atoms with Gasteiger partial charge < -0.3 is 9.73 Å². The van der Waals surface area contributed by atoms with Gasteiger partial charge in [-0.15, -0.1) is 21.5 Å². The van der Waals surface area contributed by atoms with Gasteiger partial charge in [-0.3, -0.25) is 9.36 Å². The van der Waals surface area contributed by atoms with E-state index < -0.39 is 0 Å². The zero-order valence-corrected chi connectivity index (χ0v) is 17.7. The van der Waals surface area contributed by atoms with Gasteiger partial charge in [0.25, 0.3) is 0 Å². The van der Waals surface area contributed by atoms with Crippen LogP contribution in [-0.4, -0.2) is 31.4 Å². The maximum Gasteiger partial charge on any atom is 0.236 e. The third-order valence-electron chi connectivity index (χ3n) is 4.20. The second-order valence-electron chi connectivity index (χ2n) is 6.30. The molecule has 0 saturated heterocycles. The third kappa shape index (κ3) is 4.77. The molecule has 3 aromatic heterocycles. The van der Waals surface area contributed by atoms with Crippen molar-refractivity contribution in [2.24, 2.45) is 0 Å². The van der Waals surface area contributed by atoms with Gasteiger partial charge in [0.1, 0.15) is 5.82 Å². The highest BCUT2D eigenvalue weighted by atomic mass is 32.2. The van der Waals surface area contributed by atoms with Gasteiger partial charge in [-0.2, -0.15) is 0 Å². The van der Waals surface area contributed by atoms with Crippen molar-refractivity contribution in [1.82, 2.24) is 19.7 Å². The van der Waals surface area contributed by atoms with Gasteiger partial charge in [0, 0.05) is 24.0 Å². The number of aromatic nitrogens is 4. The first-order chi connectivity index (χ1) is 14.6. The number of benzene rings is 1. The molecule has 30 heavy (non-hydrogen) atoms. The summed E-state index contributed by atoms with van der Waals surface area (Å²) in [7, 11) is 0. The van der Waals surface area contributed by atoms with Gasteiger partial charge in [-0.25, -0.2) is 9.37 Å². The summed E-state index contributed by atoms with van der Waals surface area (Å²) in [6, 6.07) is 9.97. The molecular weight excluding hydrogens is 425 g/mol. The van der Waals surface area contributed by atoms with E-state index in [-0.39, 0.29) is 17.5 Å². The van der Waals surface area contributed by atoms with Gasteiger partial charge >= 0.3 is 0 Å². The van der Waals surface area contributed by atoms with E-state index in [0.717, 1.165) is 10.4 Å². The van der Waals surface area contributed by atoms with Crippen molar-refractivity contribution in [3.63, 3.8) is 0 Å². The normalized spacial score (nSPS) is 11.0. The largest absolute Gasteiger partial charge is 0.461 e. The van der Waals surface area contributed by atoms with E-state index in [1.165, 1.54) is 35.2 Å². The van der Waals surface area contributed by atoms with Gasteiger partial charge in [-0.05, 0) is 36.8 Å². The smallest absolute Gasteiger partial charge is 0.236 e. The summed E-state index contributed by atoms with van der Waals surface area (Å²) in [5.74, 6) is 1.02. The van der Waals surface area contributed by atoms with Crippen molar-refractivity contribution in [2.45, 2.75) is 25.0 Å². The Bertz CT molecular complexity index is 1120. The number of hydrogen-bond donors (Lipinski definition) is 1. The quantitative estimate of drug-likeness (QED) is 0.404. The fourth-order valence-electron chi connectivity index (χ4n) is 2.80. The van der Waals surface area contributed by atoms with Crippen molar-refractivity contribution < 1.29 is 13.6 Å². The number of halogens is 1. The number of nitrogens with zero attached hydrogens (tertiary/aromatic N) is 4. The Hall–Kier alpha value is -2.98. The van der Waals surface area contributed by atoms with Gasteiger partial charge in [0.15, 0.2) is 21.9 Å². The van der Waals surface area contributed by atoms with Gasteiger partial charge in [0.2, 0.25) is 5.91 Å². The van der Waals surface area contributed by atoms with Crippen LogP contribution in [0.2, 0.25) is 0 Å². The lowest BCUT2D eigenvalue weighted by molar-refractivity contribution is -0.113. The maximum absolute atomic E-state index is 13.0. The Labute approximate surface area is 180 Å². The average molecular weight is 444 g/mol. The molecule has 0 aliphatic heterocycles. The fourth-order valence-corrected chi connectivity index (χ4v) is 4.47. The summed E-state index contributed by atoms with van der Waals surface area (Å²) in [4.78, 5) is 17.6. The lowest BCUT2D eigenvalue weighted by Gasteiger charge is -2.05. The number of nitrogens with one attached hydrogen (secondary N) is 1. The molecule has 0 fully saturated rings. The van der Waals surface area contributed by atoms with E-state index in [1.54, 1.807) is 30.7 Å². The minimum atomic E-state index is -0.260. The van der Waals surface area contributed by atoms with E-state index in [4.69, 9.17) is 4.42 Å². The molecule has 1 aromatic carbocycles. The van der Waals surface area contributed by atoms with E-state index >= 15 is 0 Å². The van der Waals surface area contributed by atoms with Crippen molar-refractivity contribution in [3.05, 3.63) is 65.1 Å². The molecule has 7 nitrogen and oxygen atoms in total. The Morgan fingerprint density at radius 3 is 2.83 bits per heavy atom. The molecule has 0 atom stereocenters. The topological polar surface area (TPSA) is 85.8 Å². The van der Waals surface area contributed by atoms with Crippen LogP contribution in [0.25, 0.3) is 11.6 Å². The highest BCUT2D eigenvalue weighted by Gasteiger charge is 2.16. The number of anilines is 1. The molecule has 1 N–H and O–H groups in total. The molecule has 3 heterocycles. The Morgan fingerprint density at radius 1 is 1.27 bits per heavy atom. The minimum Gasteiger partial charge on any atom is -0.461 e. The van der Waals surface area contributed by atoms with Crippen LogP contribution in [0.15, 0.2) is 58.4 Å². The number of hydrogen-bond acceptors (Lipinski definition) is 7. The number of amides is 1. The van der Waals surface area contributed by atoms with Crippen molar-refractivity contribution in [2.75, 3.05) is 11.1 Å². The van der Waals surface area contributed by atoms with E-state index in [1.807, 2.05) is 17.6 Å². The van der Waals surface area contributed by atoms with Crippen LogP contribution in [-0.2, 0) is 17.8 Å². The molecule has 0 aliphatic carbocycles. The summed E-state index contributed by atoms with van der Waals surface area (Å²) in [6.07, 6.45) is 3.94. The van der Waals surface area contributed by atoms with Gasteiger partial charge in [0.05, 0.1) is 12.0 Å². The fraction of sp³-hybridized carbons (Fsp3) is 0.200. The summed E-state index contributed by atoms with van der Waals surface area (Å²) in [6.45, 7) is 2.64. The monoisotopic (exact) mass is 443 g/mol. The average Bonchev–Trinajstić information content (AvgIpc) is 3.48. The zero-order valence-electron chi connectivity index (χ0n) is 16.0. The molecule has 0 spiro atoms. The van der Waals surface area contributed by atoms with Crippen LogP contribution in [0.3, 0.4) is 0 Å². The Kier molecular flexibility index (Phi) is 6.24. The minimum absolute atomic E-state index is 0.173. The number of carbonyl (C=O) groups excluding carboxylic acids is 1. The third-order valence-corrected chi connectivity index (χ3v) is 6.08. The molecule has 0 unspecified atom stereocenters. The molecule has 10 heteroatoms. The lowest BCUT2D eigenvalue weighted by Crippen LogP contribution is -2.14. The van der Waals surface area contributed by atoms with Crippen LogP contribution < -0.4 is 5.32 Å². The molecule has 0 aliphatic rings. The molecule has 0 bridgehead atoms. The molecular formula is C20H18FN5O2S2. The summed E-state index contributed by atoms with van der Waals surface area (Å²) in [5, 5.41) is 12.3. The predicted molar refractivity (Wildman–Crippen MR) is 114 cm³/mol. The SMILES string of the molecule is CCn1c(SCC(=O)Nc2ncc(Cc3ccc(F)cc3)s2)nnc1-c1ccco1. The summed E-state index contributed by atoms with van der Waals surface area (Å²) in [5.41, 5.74) is 0.986. The van der Waals surface area contributed by atoms with Crippen LogP contribution in [0.4, 0.5) is 9.52 Å². The number of carbonyl (C=O) groups is 1. The van der Waals surface area contributed by atoms with Crippen molar-refractivity contribution >= 4 is 34.1 Å². The number of thiazole rings is 1. The maximum atomic E-state index is 13.0. The zero-order chi connectivity index (χ0) is 20.9. The lowest BCUT2D eigenvalue weighted by atomic mass is 10.1. The predicted octanol–water partition coefficient (Wildman–Crippen LogP) is 4.48. The number of furan rings is 1. The van der Waals surface area contributed by atoms with Crippen molar-refractivity contribution in [3.8, 4) is 11.6 Å². The highest BCUT2D eigenvalue weighted by Crippen LogP contribution is 2.25. The molecule has 0 saturated carbocycles. The van der Waals surface area contributed by atoms with Crippen LogP contribution in [0, 0.1) is 5.82 Å². The van der Waals surface area contributed by atoms with Crippen molar-refractivity contribution in [1.29, 1.82) is 0 Å². The first kappa shape index (κ1) is 20.3. The summed E-state index contributed by atoms with van der Waals surface area (Å²) >= 11 is 2.71. The van der Waals surface area contributed by atoms with Gasteiger partial charge in [-0.1, -0.05) is 23.9 Å². The Balaban J connectivity index is 1.33. The van der Waals surface area contributed by atoms with Crippen LogP contribution >= 0.6 is 23.1 Å². The number of thioether (sulfide) groups is 1. The molecule has 154 valence electrons. The van der Waals surface area contributed by atoms with Crippen LogP contribution in [0.1, 0.15) is 17.4 Å². The summed E-state index contributed by atoms with van der Waals surface area (Å²) < 4.78 is 20.3. The Morgan fingerprint density at radius 2 is 2.10 bits per heavy atom. The van der Waals surface area contributed by atoms with Crippen LogP contribution in [0.5, 0.6) is 0 Å². The first-order valence-electron chi connectivity index (χ1n) is 9.21.